The van der Waals surface area contributed by atoms with Crippen LogP contribution in [0.4, 0.5) is 5.82 Å². The Labute approximate surface area is 170 Å². The molecule has 0 unspecified atom stereocenters. The number of aromatic nitrogens is 3. The Morgan fingerprint density at radius 2 is 1.76 bits per heavy atom. The van der Waals surface area contributed by atoms with Crippen LogP contribution in [0.25, 0.3) is 0 Å². The lowest BCUT2D eigenvalue weighted by Gasteiger charge is -2.35. The second kappa shape index (κ2) is 8.61. The number of oxazole rings is 1. The van der Waals surface area contributed by atoms with Crippen LogP contribution >= 0.6 is 0 Å². The molecule has 152 valence electrons. The van der Waals surface area contributed by atoms with Crippen molar-refractivity contribution >= 4 is 5.82 Å². The van der Waals surface area contributed by atoms with Crippen LogP contribution in [0.15, 0.2) is 58.1 Å². The predicted molar refractivity (Wildman–Crippen MR) is 112 cm³/mol. The monoisotopic (exact) mass is 393 g/mol. The summed E-state index contributed by atoms with van der Waals surface area (Å²) in [5.41, 5.74) is 2.02. The Morgan fingerprint density at radius 3 is 2.48 bits per heavy atom. The minimum Gasteiger partial charge on any atom is -0.448 e. The third-order valence-electron chi connectivity index (χ3n) is 5.29. The number of nitrogens with zero attached hydrogens (tertiary/aromatic N) is 5. The van der Waals surface area contributed by atoms with Gasteiger partial charge in [0.15, 0.2) is 6.39 Å². The largest absolute Gasteiger partial charge is 0.448 e. The van der Waals surface area contributed by atoms with Crippen LogP contribution in [0, 0.1) is 0 Å². The van der Waals surface area contributed by atoms with Crippen LogP contribution in [-0.4, -0.2) is 45.8 Å². The molecule has 0 N–H and O–H groups in total. The standard InChI is InChI=1S/C22H27N5O2/c1-17(2)22-19(23-16-29-22)15-25-10-12-26(13-11-25)20-8-9-21(28)27(24-20)14-18-6-4-3-5-7-18/h3-9,16-17H,10-15H2,1-2H3. The van der Waals surface area contributed by atoms with Gasteiger partial charge >= 0.3 is 0 Å². The van der Waals surface area contributed by atoms with Gasteiger partial charge in [0, 0.05) is 44.7 Å². The molecule has 3 heterocycles. The molecule has 1 fully saturated rings. The van der Waals surface area contributed by atoms with Crippen molar-refractivity contribution in [3.8, 4) is 0 Å². The van der Waals surface area contributed by atoms with Crippen molar-refractivity contribution in [2.24, 2.45) is 0 Å². The van der Waals surface area contributed by atoms with E-state index in [4.69, 9.17) is 4.42 Å². The van der Waals surface area contributed by atoms with Gasteiger partial charge < -0.3 is 9.32 Å². The Kier molecular flexibility index (Phi) is 5.76. The summed E-state index contributed by atoms with van der Waals surface area (Å²) >= 11 is 0. The molecule has 0 radical (unpaired) electrons. The second-order valence-corrected chi connectivity index (χ2v) is 7.75. The molecule has 29 heavy (non-hydrogen) atoms. The zero-order chi connectivity index (χ0) is 20.2. The molecule has 7 nitrogen and oxygen atoms in total. The maximum absolute atomic E-state index is 12.2. The van der Waals surface area contributed by atoms with Crippen LogP contribution < -0.4 is 10.5 Å². The highest BCUT2D eigenvalue weighted by atomic mass is 16.3. The van der Waals surface area contributed by atoms with Crippen molar-refractivity contribution in [2.75, 3.05) is 31.1 Å². The molecule has 7 heteroatoms. The lowest BCUT2D eigenvalue weighted by Crippen LogP contribution is -2.46. The van der Waals surface area contributed by atoms with E-state index in [-0.39, 0.29) is 5.56 Å². The topological polar surface area (TPSA) is 67.4 Å². The van der Waals surface area contributed by atoms with Crippen molar-refractivity contribution < 1.29 is 4.42 Å². The van der Waals surface area contributed by atoms with Gasteiger partial charge in [-0.2, -0.15) is 5.10 Å². The number of hydrogen-bond donors (Lipinski definition) is 0. The van der Waals surface area contributed by atoms with E-state index in [1.54, 1.807) is 17.1 Å². The van der Waals surface area contributed by atoms with Gasteiger partial charge in [-0.3, -0.25) is 9.69 Å². The Bertz CT molecular complexity index is 988. The quantitative estimate of drug-likeness (QED) is 0.642. The summed E-state index contributed by atoms with van der Waals surface area (Å²) in [6.45, 7) is 9.11. The molecule has 0 aliphatic carbocycles. The number of rotatable bonds is 6. The predicted octanol–water partition coefficient (Wildman–Crippen LogP) is 2.73. The van der Waals surface area contributed by atoms with Gasteiger partial charge in [0.25, 0.3) is 5.56 Å². The van der Waals surface area contributed by atoms with Gasteiger partial charge in [-0.05, 0) is 11.6 Å². The van der Waals surface area contributed by atoms with Crippen LogP contribution in [0.5, 0.6) is 0 Å². The van der Waals surface area contributed by atoms with Crippen LogP contribution in [0.3, 0.4) is 0 Å². The molecule has 0 saturated carbocycles. The van der Waals surface area contributed by atoms with Gasteiger partial charge in [0.05, 0.1) is 12.2 Å². The van der Waals surface area contributed by atoms with E-state index in [0.717, 1.165) is 55.6 Å². The van der Waals surface area contributed by atoms with Crippen molar-refractivity contribution in [1.29, 1.82) is 0 Å². The molecule has 0 bridgehead atoms. The fourth-order valence-corrected chi connectivity index (χ4v) is 3.69. The van der Waals surface area contributed by atoms with E-state index in [1.165, 1.54) is 0 Å². The van der Waals surface area contributed by atoms with E-state index in [0.29, 0.717) is 12.5 Å². The first-order valence-electron chi connectivity index (χ1n) is 10.1. The minimum atomic E-state index is -0.0801. The minimum absolute atomic E-state index is 0.0801. The van der Waals surface area contributed by atoms with Crippen molar-refractivity contribution in [3.05, 3.63) is 76.2 Å². The highest BCUT2D eigenvalue weighted by Gasteiger charge is 2.21. The molecule has 1 aliphatic rings. The fourth-order valence-electron chi connectivity index (χ4n) is 3.69. The number of piperazine rings is 1. The van der Waals surface area contributed by atoms with E-state index in [1.807, 2.05) is 36.4 Å². The first-order valence-corrected chi connectivity index (χ1v) is 10.1. The first-order chi connectivity index (χ1) is 14.1. The van der Waals surface area contributed by atoms with Crippen LogP contribution in [-0.2, 0) is 13.1 Å². The first kappa shape index (κ1) is 19.4. The van der Waals surface area contributed by atoms with Gasteiger partial charge in [0.2, 0.25) is 0 Å². The summed E-state index contributed by atoms with van der Waals surface area (Å²) in [6.07, 6.45) is 1.54. The van der Waals surface area contributed by atoms with Crippen LogP contribution in [0.2, 0.25) is 0 Å². The number of benzene rings is 1. The summed E-state index contributed by atoms with van der Waals surface area (Å²) < 4.78 is 7.08. The summed E-state index contributed by atoms with van der Waals surface area (Å²) in [6, 6.07) is 13.4. The Morgan fingerprint density at radius 1 is 1.00 bits per heavy atom. The normalized spacial score (nSPS) is 15.2. The van der Waals surface area contributed by atoms with Crippen LogP contribution in [0.1, 0.15) is 36.8 Å². The lowest BCUT2D eigenvalue weighted by atomic mass is 10.1. The molecule has 0 amide bonds. The average molecular weight is 393 g/mol. The zero-order valence-electron chi connectivity index (χ0n) is 17.0. The molecular formula is C22H27N5O2. The molecule has 3 aromatic rings. The number of anilines is 1. The van der Waals surface area contributed by atoms with E-state index >= 15 is 0 Å². The highest BCUT2D eigenvalue weighted by Crippen LogP contribution is 2.21. The molecule has 0 atom stereocenters. The van der Waals surface area contributed by atoms with E-state index in [2.05, 4.69) is 33.7 Å². The van der Waals surface area contributed by atoms with Gasteiger partial charge in [-0.1, -0.05) is 44.2 Å². The molecule has 0 spiro atoms. The summed E-state index contributed by atoms with van der Waals surface area (Å²) in [7, 11) is 0. The maximum Gasteiger partial charge on any atom is 0.267 e. The maximum atomic E-state index is 12.2. The number of hydrogen-bond acceptors (Lipinski definition) is 6. The summed E-state index contributed by atoms with van der Waals surface area (Å²) in [5.74, 6) is 2.16. The van der Waals surface area contributed by atoms with E-state index < -0.39 is 0 Å². The highest BCUT2D eigenvalue weighted by molar-refractivity contribution is 5.37. The molecule has 4 rings (SSSR count). The zero-order valence-corrected chi connectivity index (χ0v) is 17.0. The Balaban J connectivity index is 1.40. The molecule has 1 aliphatic heterocycles. The van der Waals surface area contributed by atoms with Crippen molar-refractivity contribution in [2.45, 2.75) is 32.9 Å². The lowest BCUT2D eigenvalue weighted by molar-refractivity contribution is 0.244. The van der Waals surface area contributed by atoms with Gasteiger partial charge in [-0.25, -0.2) is 9.67 Å². The molecule has 2 aromatic heterocycles. The fraction of sp³-hybridized carbons (Fsp3) is 0.409. The smallest absolute Gasteiger partial charge is 0.267 e. The second-order valence-electron chi connectivity index (χ2n) is 7.75. The molecular weight excluding hydrogens is 366 g/mol. The van der Waals surface area contributed by atoms with Gasteiger partial charge in [0.1, 0.15) is 11.6 Å². The van der Waals surface area contributed by atoms with Gasteiger partial charge in [-0.15, -0.1) is 0 Å². The third kappa shape index (κ3) is 4.56. The summed E-state index contributed by atoms with van der Waals surface area (Å²) in [5, 5.41) is 4.61. The Hall–Kier alpha value is -2.93. The van der Waals surface area contributed by atoms with E-state index in [9.17, 15) is 4.79 Å². The third-order valence-corrected chi connectivity index (χ3v) is 5.29. The average Bonchev–Trinajstić information content (AvgIpc) is 3.20. The molecule has 1 aromatic carbocycles. The van der Waals surface area contributed by atoms with Crippen molar-refractivity contribution in [1.82, 2.24) is 19.7 Å². The summed E-state index contributed by atoms with van der Waals surface area (Å²) in [4.78, 5) is 21.3. The van der Waals surface area contributed by atoms with Crippen molar-refractivity contribution in [3.63, 3.8) is 0 Å². The SMILES string of the molecule is CC(C)c1ocnc1CN1CCN(c2ccc(=O)n(Cc3ccccc3)n2)CC1. The molecule has 1 saturated heterocycles.